The molecular formula is C22H19BF5NO5. The fraction of sp³-hybridized carbons (Fsp3) is 0.318. The number of rotatable bonds is 4. The predicted molar refractivity (Wildman–Crippen MR) is 113 cm³/mol. The molecular weight excluding hydrogens is 464 g/mol. The molecule has 0 spiro atoms. The minimum atomic E-state index is -4.99. The molecule has 6 nitrogen and oxygen atoms in total. The first-order chi connectivity index (χ1) is 15.7. The van der Waals surface area contributed by atoms with Crippen molar-refractivity contribution < 1.29 is 45.2 Å². The van der Waals surface area contributed by atoms with Crippen LogP contribution in [0.1, 0.15) is 38.1 Å². The van der Waals surface area contributed by atoms with Crippen LogP contribution >= 0.6 is 0 Å². The van der Waals surface area contributed by atoms with Crippen LogP contribution in [-0.4, -0.2) is 30.6 Å². The maximum atomic E-state index is 15.2. The molecule has 3 aromatic rings. The third kappa shape index (κ3) is 4.35. The lowest BCUT2D eigenvalue weighted by molar-refractivity contribution is -0.274. The Hall–Kier alpha value is -3.12. The van der Waals surface area contributed by atoms with E-state index in [-0.39, 0.29) is 22.0 Å². The van der Waals surface area contributed by atoms with Gasteiger partial charge < -0.3 is 23.8 Å². The van der Waals surface area contributed by atoms with Crippen molar-refractivity contribution in [3.63, 3.8) is 0 Å². The van der Waals surface area contributed by atoms with Crippen LogP contribution < -0.4 is 15.5 Å². The van der Waals surface area contributed by atoms with Crippen LogP contribution in [0.25, 0.3) is 11.0 Å². The number of carbonyl (C=O) groups excluding carboxylic acids is 1. The highest BCUT2D eigenvalue weighted by Crippen LogP contribution is 2.37. The lowest BCUT2D eigenvalue weighted by atomic mass is 9.78. The third-order valence-electron chi connectivity index (χ3n) is 5.88. The van der Waals surface area contributed by atoms with E-state index in [2.05, 4.69) is 10.1 Å². The maximum Gasteiger partial charge on any atom is 0.573 e. The van der Waals surface area contributed by atoms with Gasteiger partial charge in [0.15, 0.2) is 11.4 Å². The molecule has 1 N–H and O–H groups in total. The van der Waals surface area contributed by atoms with Crippen molar-refractivity contribution in [2.45, 2.75) is 45.3 Å². The van der Waals surface area contributed by atoms with E-state index in [0.717, 1.165) is 12.3 Å². The number of amides is 1. The zero-order valence-electron chi connectivity index (χ0n) is 18.5. The van der Waals surface area contributed by atoms with Crippen LogP contribution in [-0.2, 0) is 9.31 Å². The number of furan rings is 1. The number of carbonyl (C=O) groups is 1. The van der Waals surface area contributed by atoms with Crippen LogP contribution in [0.15, 0.2) is 41.0 Å². The molecule has 4 rings (SSSR count). The van der Waals surface area contributed by atoms with Crippen LogP contribution in [0, 0.1) is 11.6 Å². The van der Waals surface area contributed by atoms with Crippen molar-refractivity contribution in [1.29, 1.82) is 0 Å². The summed E-state index contributed by atoms with van der Waals surface area (Å²) < 4.78 is 87.3. The van der Waals surface area contributed by atoms with Gasteiger partial charge in [-0.1, -0.05) is 12.1 Å². The summed E-state index contributed by atoms with van der Waals surface area (Å²) in [5.41, 5.74) is -2.32. The van der Waals surface area contributed by atoms with Gasteiger partial charge in [0.25, 0.3) is 5.91 Å². The van der Waals surface area contributed by atoms with Gasteiger partial charge in [0.1, 0.15) is 17.8 Å². The van der Waals surface area contributed by atoms with Gasteiger partial charge >= 0.3 is 13.5 Å². The van der Waals surface area contributed by atoms with E-state index >= 15 is 4.39 Å². The fourth-order valence-corrected chi connectivity index (χ4v) is 3.39. The second-order valence-electron chi connectivity index (χ2n) is 8.73. The summed E-state index contributed by atoms with van der Waals surface area (Å²) in [6.07, 6.45) is -4.03. The Kier molecular flexibility index (Phi) is 5.64. The monoisotopic (exact) mass is 483 g/mol. The summed E-state index contributed by atoms with van der Waals surface area (Å²) >= 11 is 0. The highest BCUT2D eigenvalue weighted by molar-refractivity contribution is 6.62. The second kappa shape index (κ2) is 7.98. The van der Waals surface area contributed by atoms with Gasteiger partial charge in [0, 0.05) is 16.9 Å². The number of nitrogens with one attached hydrogen (secondary N) is 1. The number of fused-ring (bicyclic) bond motifs is 1. The summed E-state index contributed by atoms with van der Waals surface area (Å²) in [6.45, 7) is 7.25. The first-order valence-corrected chi connectivity index (χ1v) is 10.1. The topological polar surface area (TPSA) is 69.9 Å². The summed E-state index contributed by atoms with van der Waals surface area (Å²) in [7, 11) is -1.01. The molecule has 1 fully saturated rings. The predicted octanol–water partition coefficient (Wildman–Crippen LogP) is 5.16. The smallest absolute Gasteiger partial charge is 0.460 e. The van der Waals surface area contributed by atoms with E-state index in [0.29, 0.717) is 12.1 Å². The second-order valence-corrected chi connectivity index (χ2v) is 8.73. The molecule has 1 aliphatic heterocycles. The molecule has 1 amide bonds. The van der Waals surface area contributed by atoms with Crippen molar-refractivity contribution in [2.75, 3.05) is 5.32 Å². The molecule has 0 saturated carbocycles. The van der Waals surface area contributed by atoms with Gasteiger partial charge in [-0.3, -0.25) is 4.79 Å². The minimum absolute atomic E-state index is 0.0653. The van der Waals surface area contributed by atoms with Gasteiger partial charge in [-0.25, -0.2) is 8.78 Å². The Bertz CT molecular complexity index is 1250. The van der Waals surface area contributed by atoms with E-state index in [1.165, 1.54) is 12.1 Å². The highest BCUT2D eigenvalue weighted by atomic mass is 19.4. The number of alkyl halides is 3. The lowest BCUT2D eigenvalue weighted by Crippen LogP contribution is -2.41. The molecule has 1 aromatic heterocycles. The standard InChI is InChI=1S/C22H19BF5NO5/c1-20(2)21(3,4)34-23(33-20)14-7-6-12-13(10-31-18(12)17(14)25)19(30)29-16-9-11(5-8-15(16)24)32-22(26,27)28/h5-10H,1-4H3,(H,29,30). The van der Waals surface area contributed by atoms with E-state index in [1.807, 2.05) is 27.7 Å². The van der Waals surface area contributed by atoms with Gasteiger partial charge in [-0.2, -0.15) is 0 Å². The first-order valence-electron chi connectivity index (χ1n) is 10.1. The Morgan fingerprint density at radius 1 is 1.03 bits per heavy atom. The van der Waals surface area contributed by atoms with Crippen LogP contribution in [0.2, 0.25) is 0 Å². The Morgan fingerprint density at radius 2 is 1.68 bits per heavy atom. The van der Waals surface area contributed by atoms with Crippen LogP contribution in [0.3, 0.4) is 0 Å². The molecule has 12 heteroatoms. The summed E-state index contributed by atoms with van der Waals surface area (Å²) in [6, 6.07) is 4.94. The van der Waals surface area contributed by atoms with Crippen molar-refractivity contribution in [3.05, 3.63) is 53.8 Å². The number of ether oxygens (including phenoxy) is 1. The SMILES string of the molecule is CC1(C)OB(c2ccc3c(C(=O)Nc4cc(OC(F)(F)F)ccc4F)coc3c2F)OC1(C)C. The lowest BCUT2D eigenvalue weighted by Gasteiger charge is -2.32. The molecule has 180 valence electrons. The molecule has 1 aliphatic rings. The first kappa shape index (κ1) is 24.0. The zero-order chi connectivity index (χ0) is 25.1. The number of benzene rings is 2. The molecule has 0 bridgehead atoms. The number of halogens is 5. The fourth-order valence-electron chi connectivity index (χ4n) is 3.39. The van der Waals surface area contributed by atoms with Gasteiger partial charge in [0.05, 0.1) is 22.5 Å². The largest absolute Gasteiger partial charge is 0.573 e. The molecule has 2 heterocycles. The molecule has 0 aliphatic carbocycles. The summed E-state index contributed by atoms with van der Waals surface area (Å²) in [5.74, 6) is -3.45. The van der Waals surface area contributed by atoms with Crippen LogP contribution in [0.5, 0.6) is 5.75 Å². The van der Waals surface area contributed by atoms with E-state index in [1.54, 1.807) is 0 Å². The van der Waals surface area contributed by atoms with Crippen molar-refractivity contribution in [2.24, 2.45) is 0 Å². The Balaban J connectivity index is 1.61. The molecule has 0 unspecified atom stereocenters. The Labute approximate surface area is 191 Å². The number of hydrogen-bond acceptors (Lipinski definition) is 5. The van der Waals surface area contributed by atoms with Gasteiger partial charge in [0.2, 0.25) is 0 Å². The average Bonchev–Trinajstić information content (AvgIpc) is 3.22. The molecule has 0 atom stereocenters. The zero-order valence-corrected chi connectivity index (χ0v) is 18.5. The number of anilines is 1. The van der Waals surface area contributed by atoms with Crippen molar-refractivity contribution in [1.82, 2.24) is 0 Å². The van der Waals surface area contributed by atoms with Crippen LogP contribution in [0.4, 0.5) is 27.6 Å². The number of hydrogen-bond donors (Lipinski definition) is 1. The highest BCUT2D eigenvalue weighted by Gasteiger charge is 2.52. The van der Waals surface area contributed by atoms with Crippen molar-refractivity contribution >= 4 is 35.1 Å². The maximum absolute atomic E-state index is 15.2. The quantitative estimate of drug-likeness (QED) is 0.410. The van der Waals surface area contributed by atoms with Gasteiger partial charge in [-0.05, 0) is 39.8 Å². The van der Waals surface area contributed by atoms with Gasteiger partial charge in [-0.15, -0.1) is 13.2 Å². The molecule has 2 aromatic carbocycles. The Morgan fingerprint density at radius 3 is 2.29 bits per heavy atom. The normalized spacial score (nSPS) is 17.3. The summed E-state index contributed by atoms with van der Waals surface area (Å²) in [5, 5.41) is 2.22. The van der Waals surface area contributed by atoms with E-state index < -0.39 is 53.7 Å². The minimum Gasteiger partial charge on any atom is -0.460 e. The van der Waals surface area contributed by atoms with Crippen molar-refractivity contribution in [3.8, 4) is 5.75 Å². The van der Waals surface area contributed by atoms with E-state index in [9.17, 15) is 22.4 Å². The average molecular weight is 483 g/mol. The molecule has 0 radical (unpaired) electrons. The van der Waals surface area contributed by atoms with E-state index in [4.69, 9.17) is 13.7 Å². The third-order valence-corrected chi connectivity index (χ3v) is 5.88. The molecule has 1 saturated heterocycles. The molecule has 34 heavy (non-hydrogen) atoms. The summed E-state index contributed by atoms with van der Waals surface area (Å²) in [4.78, 5) is 12.7.